The summed E-state index contributed by atoms with van der Waals surface area (Å²) in [5.74, 6) is -0.837. The van der Waals surface area contributed by atoms with Crippen LogP contribution in [0.1, 0.15) is 41.3 Å². The summed E-state index contributed by atoms with van der Waals surface area (Å²) in [5, 5.41) is 11.0. The van der Waals surface area contributed by atoms with Crippen LogP contribution in [0.5, 0.6) is 0 Å². The highest BCUT2D eigenvalue weighted by Crippen LogP contribution is 2.27. The Labute approximate surface area is 125 Å². The van der Waals surface area contributed by atoms with Gasteiger partial charge in [-0.2, -0.15) is 4.31 Å². The maximum absolute atomic E-state index is 12.8. The Hall–Kier alpha value is -1.40. The molecule has 0 N–H and O–H groups in total. The molecule has 0 radical (unpaired) electrons. The van der Waals surface area contributed by atoms with Gasteiger partial charge in [-0.1, -0.05) is 6.92 Å². The van der Waals surface area contributed by atoms with Gasteiger partial charge >= 0.3 is 0 Å². The predicted octanol–water partition coefficient (Wildman–Crippen LogP) is 1.09. The SMILES string of the molecule is Cc1cc(C(=O)[O-])cc(S(=O)(=O)N2CCC(C)CC2)c1C. The minimum Gasteiger partial charge on any atom is -0.545 e. The lowest BCUT2D eigenvalue weighted by molar-refractivity contribution is -0.255. The molecule has 0 saturated carbocycles. The van der Waals surface area contributed by atoms with Crippen molar-refractivity contribution in [3.05, 3.63) is 28.8 Å². The van der Waals surface area contributed by atoms with Crippen molar-refractivity contribution in [2.45, 2.75) is 38.5 Å². The number of carbonyl (C=O) groups excluding carboxylic acids is 1. The molecule has 0 atom stereocenters. The molecule has 116 valence electrons. The summed E-state index contributed by atoms with van der Waals surface area (Å²) in [6.45, 7) is 6.48. The summed E-state index contributed by atoms with van der Waals surface area (Å²) in [6, 6.07) is 2.66. The summed E-state index contributed by atoms with van der Waals surface area (Å²) in [5.41, 5.74) is 1.14. The molecule has 0 aromatic heterocycles. The molecule has 0 unspecified atom stereocenters. The standard InChI is InChI=1S/C15H21NO4S/c1-10-4-6-16(7-5-10)21(19,20)14-9-13(15(17)18)8-11(2)12(14)3/h8-10H,4-7H2,1-3H3,(H,17,18)/p-1. The smallest absolute Gasteiger partial charge is 0.243 e. The number of aromatic carboxylic acids is 1. The lowest BCUT2D eigenvalue weighted by atomic mass is 10.0. The lowest BCUT2D eigenvalue weighted by Crippen LogP contribution is -2.38. The van der Waals surface area contributed by atoms with Crippen molar-refractivity contribution in [2.75, 3.05) is 13.1 Å². The Morgan fingerprint density at radius 1 is 1.24 bits per heavy atom. The summed E-state index contributed by atoms with van der Waals surface area (Å²) in [6.07, 6.45) is 1.66. The highest BCUT2D eigenvalue weighted by molar-refractivity contribution is 7.89. The third-order valence-corrected chi connectivity index (χ3v) is 6.24. The fourth-order valence-corrected chi connectivity index (χ4v) is 4.37. The van der Waals surface area contributed by atoms with Gasteiger partial charge in [-0.15, -0.1) is 0 Å². The molecule has 21 heavy (non-hydrogen) atoms. The third kappa shape index (κ3) is 3.11. The molecule has 1 aliphatic heterocycles. The predicted molar refractivity (Wildman–Crippen MR) is 77.4 cm³/mol. The molecular weight excluding hydrogens is 290 g/mol. The molecule has 5 nitrogen and oxygen atoms in total. The van der Waals surface area contributed by atoms with Gasteiger partial charge in [-0.3, -0.25) is 0 Å². The Morgan fingerprint density at radius 2 is 1.81 bits per heavy atom. The molecule has 1 aliphatic rings. The van der Waals surface area contributed by atoms with Crippen LogP contribution in [0.2, 0.25) is 0 Å². The van der Waals surface area contributed by atoms with E-state index >= 15 is 0 Å². The minimum atomic E-state index is -3.65. The van der Waals surface area contributed by atoms with Crippen LogP contribution in [0.15, 0.2) is 17.0 Å². The maximum atomic E-state index is 12.8. The van der Waals surface area contributed by atoms with E-state index in [0.717, 1.165) is 12.8 Å². The first-order valence-electron chi connectivity index (χ1n) is 7.06. The number of piperidine rings is 1. The number of hydrogen-bond acceptors (Lipinski definition) is 4. The highest BCUT2D eigenvalue weighted by atomic mass is 32.2. The third-order valence-electron chi connectivity index (χ3n) is 4.22. The first-order valence-corrected chi connectivity index (χ1v) is 8.50. The van der Waals surface area contributed by atoms with Crippen LogP contribution in [0.4, 0.5) is 0 Å². The van der Waals surface area contributed by atoms with Crippen molar-refractivity contribution in [1.29, 1.82) is 0 Å². The minimum absolute atomic E-state index is 0.0799. The van der Waals surface area contributed by atoms with Crippen LogP contribution >= 0.6 is 0 Å². The normalized spacial score (nSPS) is 17.9. The van der Waals surface area contributed by atoms with Gasteiger partial charge < -0.3 is 9.90 Å². The molecule has 0 bridgehead atoms. The van der Waals surface area contributed by atoms with Crippen LogP contribution < -0.4 is 5.11 Å². The molecule has 1 aromatic carbocycles. The van der Waals surface area contributed by atoms with E-state index in [0.29, 0.717) is 30.1 Å². The average molecular weight is 310 g/mol. The molecule has 1 fully saturated rings. The van der Waals surface area contributed by atoms with E-state index in [1.54, 1.807) is 13.8 Å². The summed E-state index contributed by atoms with van der Waals surface area (Å²) in [4.78, 5) is 11.1. The van der Waals surface area contributed by atoms with Gasteiger partial charge in [0, 0.05) is 13.1 Å². The van der Waals surface area contributed by atoms with Gasteiger partial charge in [0.25, 0.3) is 0 Å². The van der Waals surface area contributed by atoms with E-state index in [2.05, 4.69) is 6.92 Å². The number of aryl methyl sites for hydroxylation is 1. The van der Waals surface area contributed by atoms with Crippen molar-refractivity contribution in [3.8, 4) is 0 Å². The van der Waals surface area contributed by atoms with Gasteiger partial charge in [0.05, 0.1) is 10.9 Å². The maximum Gasteiger partial charge on any atom is 0.243 e. The zero-order valence-electron chi connectivity index (χ0n) is 12.5. The number of carboxylic acid groups (broad SMARTS) is 1. The van der Waals surface area contributed by atoms with E-state index in [1.165, 1.54) is 16.4 Å². The zero-order chi connectivity index (χ0) is 15.8. The fourth-order valence-electron chi connectivity index (χ4n) is 2.58. The average Bonchev–Trinajstić information content (AvgIpc) is 2.41. The molecule has 0 amide bonds. The number of nitrogens with zero attached hydrogens (tertiary/aromatic N) is 1. The van der Waals surface area contributed by atoms with Crippen molar-refractivity contribution in [2.24, 2.45) is 5.92 Å². The quantitative estimate of drug-likeness (QED) is 0.837. The van der Waals surface area contributed by atoms with Gasteiger partial charge in [0.1, 0.15) is 0 Å². The van der Waals surface area contributed by atoms with Crippen molar-refractivity contribution >= 4 is 16.0 Å². The largest absolute Gasteiger partial charge is 0.545 e. The van der Waals surface area contributed by atoms with Crippen molar-refractivity contribution < 1.29 is 18.3 Å². The lowest BCUT2D eigenvalue weighted by Gasteiger charge is -2.30. The van der Waals surface area contributed by atoms with Gasteiger partial charge in [-0.05, 0) is 61.4 Å². The Balaban J connectivity index is 2.47. The van der Waals surface area contributed by atoms with Crippen molar-refractivity contribution in [1.82, 2.24) is 4.31 Å². The van der Waals surface area contributed by atoms with Gasteiger partial charge in [-0.25, -0.2) is 8.42 Å². The van der Waals surface area contributed by atoms with E-state index in [-0.39, 0.29) is 10.5 Å². The number of carboxylic acids is 1. The number of carbonyl (C=O) groups is 1. The Bertz CT molecular complexity index is 658. The molecule has 1 heterocycles. The van der Waals surface area contributed by atoms with Crippen LogP contribution in [0.3, 0.4) is 0 Å². The zero-order valence-corrected chi connectivity index (χ0v) is 13.4. The Kier molecular flexibility index (Phi) is 4.39. The summed E-state index contributed by atoms with van der Waals surface area (Å²) >= 11 is 0. The molecule has 1 aromatic rings. The first-order chi connectivity index (χ1) is 9.73. The second-order valence-electron chi connectivity index (χ2n) is 5.79. The molecule has 1 saturated heterocycles. The van der Waals surface area contributed by atoms with Crippen LogP contribution in [-0.4, -0.2) is 31.8 Å². The van der Waals surface area contributed by atoms with E-state index < -0.39 is 16.0 Å². The van der Waals surface area contributed by atoms with Crippen LogP contribution in [-0.2, 0) is 10.0 Å². The first kappa shape index (κ1) is 16.0. The topological polar surface area (TPSA) is 77.5 Å². The molecular formula is C15H20NO4S-. The fraction of sp³-hybridized carbons (Fsp3) is 0.533. The molecule has 0 spiro atoms. The van der Waals surface area contributed by atoms with Crippen LogP contribution in [0.25, 0.3) is 0 Å². The second-order valence-corrected chi connectivity index (χ2v) is 7.70. The van der Waals surface area contributed by atoms with Gasteiger partial charge in [0.15, 0.2) is 0 Å². The monoisotopic (exact) mass is 310 g/mol. The summed E-state index contributed by atoms with van der Waals surface area (Å²) < 4.78 is 27.0. The highest BCUT2D eigenvalue weighted by Gasteiger charge is 2.29. The van der Waals surface area contributed by atoms with Crippen LogP contribution in [0, 0.1) is 19.8 Å². The molecule has 6 heteroatoms. The number of rotatable bonds is 3. The van der Waals surface area contributed by atoms with Crippen molar-refractivity contribution in [3.63, 3.8) is 0 Å². The molecule has 2 rings (SSSR count). The Morgan fingerprint density at radius 3 is 2.33 bits per heavy atom. The second kappa shape index (κ2) is 5.77. The van der Waals surface area contributed by atoms with Gasteiger partial charge in [0.2, 0.25) is 10.0 Å². The van der Waals surface area contributed by atoms with E-state index in [4.69, 9.17) is 0 Å². The number of sulfonamides is 1. The van der Waals surface area contributed by atoms with E-state index in [9.17, 15) is 18.3 Å². The summed E-state index contributed by atoms with van der Waals surface area (Å²) in [7, 11) is -3.65. The number of hydrogen-bond donors (Lipinski definition) is 0. The molecule has 0 aliphatic carbocycles. The number of benzene rings is 1. The van der Waals surface area contributed by atoms with E-state index in [1.807, 2.05) is 0 Å².